The van der Waals surface area contributed by atoms with Crippen molar-refractivity contribution < 1.29 is 14.4 Å². The number of benzene rings is 2. The fraction of sp³-hybridized carbons (Fsp3) is 0.320. The minimum absolute atomic E-state index is 0.0305. The number of aryl methyl sites for hydroxylation is 2. The van der Waals surface area contributed by atoms with Crippen LogP contribution in [0.25, 0.3) is 10.9 Å². The van der Waals surface area contributed by atoms with Gasteiger partial charge < -0.3 is 10.3 Å². The van der Waals surface area contributed by atoms with Gasteiger partial charge in [-0.3, -0.25) is 19.3 Å². The minimum Gasteiger partial charge on any atom is -0.358 e. The molecule has 2 N–H and O–H groups in total. The van der Waals surface area contributed by atoms with Crippen LogP contribution in [0.5, 0.6) is 0 Å². The van der Waals surface area contributed by atoms with Crippen molar-refractivity contribution in [2.45, 2.75) is 45.1 Å². The lowest BCUT2D eigenvalue weighted by atomic mass is 9.91. The van der Waals surface area contributed by atoms with Gasteiger partial charge >= 0.3 is 0 Å². The van der Waals surface area contributed by atoms with Crippen LogP contribution in [-0.4, -0.2) is 40.2 Å². The molecule has 2 aromatic carbocycles. The predicted molar refractivity (Wildman–Crippen MR) is 118 cm³/mol. The summed E-state index contributed by atoms with van der Waals surface area (Å²) in [5.74, 6) is -0.568. The van der Waals surface area contributed by atoms with Gasteiger partial charge in [-0.1, -0.05) is 23.8 Å². The highest BCUT2D eigenvalue weighted by Crippen LogP contribution is 2.30. The second-order valence-electron chi connectivity index (χ2n) is 8.55. The third-order valence-corrected chi connectivity index (χ3v) is 6.37. The summed E-state index contributed by atoms with van der Waals surface area (Å²) in [6, 6.07) is 13.4. The van der Waals surface area contributed by atoms with Gasteiger partial charge in [-0.15, -0.1) is 0 Å². The quantitative estimate of drug-likeness (QED) is 0.626. The SMILES string of the molecule is Cc1ccc2[nH]c3c(c2c1)CCC(NC(=O)CCCN1C(=O)c2ccccc2C1=O)C3. The predicted octanol–water partition coefficient (Wildman–Crippen LogP) is 3.53. The zero-order chi connectivity index (χ0) is 21.5. The summed E-state index contributed by atoms with van der Waals surface area (Å²) in [5.41, 5.74) is 5.89. The standard InChI is InChI=1S/C25H25N3O3/c1-15-8-11-21-20(13-15)17-10-9-16(14-22(17)27-21)26-23(29)7-4-12-28-24(30)18-5-2-3-6-19(18)25(28)31/h2-3,5-6,8,11,13,16,27H,4,7,9-10,12,14H2,1H3,(H,26,29). The third-order valence-electron chi connectivity index (χ3n) is 6.37. The fourth-order valence-corrected chi connectivity index (χ4v) is 4.81. The van der Waals surface area contributed by atoms with Gasteiger partial charge in [0, 0.05) is 42.0 Å². The van der Waals surface area contributed by atoms with Gasteiger partial charge in [0.15, 0.2) is 0 Å². The van der Waals surface area contributed by atoms with Crippen LogP contribution in [0, 0.1) is 6.92 Å². The van der Waals surface area contributed by atoms with Crippen LogP contribution in [0.1, 0.15) is 56.8 Å². The van der Waals surface area contributed by atoms with Gasteiger partial charge in [-0.2, -0.15) is 0 Å². The summed E-state index contributed by atoms with van der Waals surface area (Å²) in [4.78, 5) is 42.1. The van der Waals surface area contributed by atoms with E-state index in [2.05, 4.69) is 35.4 Å². The number of amides is 3. The molecular formula is C25H25N3O3. The van der Waals surface area contributed by atoms with Crippen molar-refractivity contribution >= 4 is 28.6 Å². The molecule has 0 spiro atoms. The Balaban J connectivity index is 1.15. The van der Waals surface area contributed by atoms with Crippen LogP contribution in [0.15, 0.2) is 42.5 Å². The van der Waals surface area contributed by atoms with E-state index in [4.69, 9.17) is 0 Å². The maximum atomic E-state index is 12.5. The van der Waals surface area contributed by atoms with E-state index in [-0.39, 0.29) is 30.3 Å². The summed E-state index contributed by atoms with van der Waals surface area (Å²) in [5, 5.41) is 4.43. The van der Waals surface area contributed by atoms with Crippen molar-refractivity contribution in [2.24, 2.45) is 0 Å². The molecule has 158 valence electrons. The highest BCUT2D eigenvalue weighted by atomic mass is 16.2. The van der Waals surface area contributed by atoms with Crippen LogP contribution in [0.2, 0.25) is 0 Å². The molecule has 1 unspecified atom stereocenters. The number of carbonyl (C=O) groups is 3. The molecule has 0 saturated heterocycles. The third kappa shape index (κ3) is 3.52. The Morgan fingerprint density at radius 2 is 1.87 bits per heavy atom. The average Bonchev–Trinajstić information content (AvgIpc) is 3.23. The maximum absolute atomic E-state index is 12.5. The zero-order valence-electron chi connectivity index (χ0n) is 17.5. The van der Waals surface area contributed by atoms with E-state index in [1.165, 1.54) is 27.1 Å². The minimum atomic E-state index is -0.269. The smallest absolute Gasteiger partial charge is 0.261 e. The van der Waals surface area contributed by atoms with E-state index in [1.807, 2.05) is 0 Å². The molecule has 3 amide bonds. The maximum Gasteiger partial charge on any atom is 0.261 e. The van der Waals surface area contributed by atoms with Crippen LogP contribution >= 0.6 is 0 Å². The number of aromatic nitrogens is 1. The molecule has 2 aliphatic rings. The number of aromatic amines is 1. The second-order valence-corrected chi connectivity index (χ2v) is 8.55. The number of nitrogens with zero attached hydrogens (tertiary/aromatic N) is 1. The zero-order valence-corrected chi connectivity index (χ0v) is 17.5. The number of rotatable bonds is 5. The summed E-state index contributed by atoms with van der Waals surface area (Å²) in [6.07, 6.45) is 3.41. The second kappa shape index (κ2) is 7.69. The Morgan fingerprint density at radius 3 is 2.61 bits per heavy atom. The Morgan fingerprint density at radius 1 is 1.13 bits per heavy atom. The van der Waals surface area contributed by atoms with Gasteiger partial charge in [0.25, 0.3) is 11.8 Å². The van der Waals surface area contributed by atoms with E-state index in [0.717, 1.165) is 24.8 Å². The number of hydrogen-bond donors (Lipinski definition) is 2. The van der Waals surface area contributed by atoms with Crippen molar-refractivity contribution in [3.8, 4) is 0 Å². The van der Waals surface area contributed by atoms with Crippen LogP contribution in [-0.2, 0) is 17.6 Å². The van der Waals surface area contributed by atoms with Gasteiger partial charge in [-0.05, 0) is 56.0 Å². The largest absolute Gasteiger partial charge is 0.358 e. The first-order chi connectivity index (χ1) is 15.0. The van der Waals surface area contributed by atoms with Crippen LogP contribution < -0.4 is 5.32 Å². The molecule has 0 saturated carbocycles. The lowest BCUT2D eigenvalue weighted by Crippen LogP contribution is -2.39. The van der Waals surface area contributed by atoms with E-state index in [9.17, 15) is 14.4 Å². The van der Waals surface area contributed by atoms with Crippen LogP contribution in [0.4, 0.5) is 0 Å². The number of carbonyl (C=O) groups excluding carboxylic acids is 3. The lowest BCUT2D eigenvalue weighted by molar-refractivity contribution is -0.122. The normalized spacial score (nSPS) is 17.7. The molecule has 3 aromatic rings. The lowest BCUT2D eigenvalue weighted by Gasteiger charge is -2.23. The summed E-state index contributed by atoms with van der Waals surface area (Å²) < 4.78 is 0. The van der Waals surface area contributed by atoms with Gasteiger partial charge in [0.1, 0.15) is 0 Å². The Bertz CT molecular complexity index is 1170. The first-order valence-corrected chi connectivity index (χ1v) is 10.9. The van der Waals surface area contributed by atoms with E-state index < -0.39 is 0 Å². The fourth-order valence-electron chi connectivity index (χ4n) is 4.81. The molecule has 0 fully saturated rings. The molecule has 6 nitrogen and oxygen atoms in total. The molecule has 31 heavy (non-hydrogen) atoms. The molecule has 0 radical (unpaired) electrons. The average molecular weight is 415 g/mol. The topological polar surface area (TPSA) is 82.3 Å². The number of hydrogen-bond acceptors (Lipinski definition) is 3. The number of imide groups is 1. The van der Waals surface area contributed by atoms with E-state index >= 15 is 0 Å². The molecule has 2 heterocycles. The summed E-state index contributed by atoms with van der Waals surface area (Å²) >= 11 is 0. The Kier molecular flexibility index (Phi) is 4.85. The molecular weight excluding hydrogens is 390 g/mol. The Hall–Kier alpha value is -3.41. The van der Waals surface area contributed by atoms with E-state index in [0.29, 0.717) is 24.0 Å². The molecule has 1 aliphatic carbocycles. The summed E-state index contributed by atoms with van der Waals surface area (Å²) in [7, 11) is 0. The van der Waals surface area contributed by atoms with Gasteiger partial charge in [0.05, 0.1) is 11.1 Å². The van der Waals surface area contributed by atoms with Crippen LogP contribution in [0.3, 0.4) is 0 Å². The van der Waals surface area contributed by atoms with Gasteiger partial charge in [0.2, 0.25) is 5.91 Å². The van der Waals surface area contributed by atoms with Crippen molar-refractivity contribution in [2.75, 3.05) is 6.54 Å². The van der Waals surface area contributed by atoms with E-state index in [1.54, 1.807) is 24.3 Å². The van der Waals surface area contributed by atoms with Gasteiger partial charge in [-0.25, -0.2) is 0 Å². The molecule has 1 atom stereocenters. The molecule has 5 rings (SSSR count). The monoisotopic (exact) mass is 415 g/mol. The van der Waals surface area contributed by atoms with Crippen molar-refractivity contribution in [3.63, 3.8) is 0 Å². The highest BCUT2D eigenvalue weighted by molar-refractivity contribution is 6.21. The number of H-pyrrole nitrogens is 1. The molecule has 1 aromatic heterocycles. The summed E-state index contributed by atoms with van der Waals surface area (Å²) in [6.45, 7) is 2.36. The van der Waals surface area contributed by atoms with Crippen molar-refractivity contribution in [1.82, 2.24) is 15.2 Å². The Labute approximate surface area is 180 Å². The number of nitrogens with one attached hydrogen (secondary N) is 2. The molecule has 1 aliphatic heterocycles. The van der Waals surface area contributed by atoms with Crippen molar-refractivity contribution in [3.05, 3.63) is 70.4 Å². The first kappa shape index (κ1) is 19.5. The molecule has 6 heteroatoms. The molecule has 0 bridgehead atoms. The number of fused-ring (bicyclic) bond motifs is 4. The first-order valence-electron chi connectivity index (χ1n) is 10.9. The van der Waals surface area contributed by atoms with Crippen molar-refractivity contribution in [1.29, 1.82) is 0 Å². The highest BCUT2D eigenvalue weighted by Gasteiger charge is 2.34.